The summed E-state index contributed by atoms with van der Waals surface area (Å²) in [6.45, 7) is 0.639. The van der Waals surface area contributed by atoms with Gasteiger partial charge in [-0.2, -0.15) is 5.26 Å². The zero-order valence-corrected chi connectivity index (χ0v) is 16.3. The zero-order chi connectivity index (χ0) is 18.8. The summed E-state index contributed by atoms with van der Waals surface area (Å²) in [5.74, 6) is 1.64. The number of hydrogen-bond donors (Lipinski definition) is 0. The van der Waals surface area contributed by atoms with E-state index in [0.29, 0.717) is 30.5 Å². The molecule has 6 heteroatoms. The highest BCUT2D eigenvalue weighted by atomic mass is 32.2. The van der Waals surface area contributed by atoms with E-state index in [1.54, 1.807) is 21.6 Å². The number of thioether (sulfide) groups is 1. The lowest BCUT2D eigenvalue weighted by Gasteiger charge is -2.30. The van der Waals surface area contributed by atoms with E-state index in [9.17, 15) is 14.9 Å². The lowest BCUT2D eigenvalue weighted by Crippen LogP contribution is -2.50. The fraction of sp³-hybridized carbons (Fsp3) is 0.571. The molecule has 1 aromatic carbocycles. The summed E-state index contributed by atoms with van der Waals surface area (Å²) in [4.78, 5) is 29.4. The lowest BCUT2D eigenvalue weighted by molar-refractivity contribution is -0.143. The summed E-state index contributed by atoms with van der Waals surface area (Å²) in [5.41, 5.74) is 2.77. The Hall–Kier alpha value is -2.00. The van der Waals surface area contributed by atoms with Crippen molar-refractivity contribution in [3.63, 3.8) is 0 Å². The molecule has 0 bridgehead atoms. The fourth-order valence-electron chi connectivity index (χ4n) is 4.56. The van der Waals surface area contributed by atoms with E-state index in [0.717, 1.165) is 32.1 Å². The molecule has 0 saturated carbocycles. The van der Waals surface area contributed by atoms with Crippen molar-refractivity contribution in [2.45, 2.75) is 50.6 Å². The molecule has 1 aliphatic carbocycles. The van der Waals surface area contributed by atoms with Gasteiger partial charge in [0.15, 0.2) is 0 Å². The second-order valence-electron chi connectivity index (χ2n) is 7.78. The van der Waals surface area contributed by atoms with Crippen LogP contribution in [0.2, 0.25) is 0 Å². The van der Waals surface area contributed by atoms with Crippen LogP contribution in [0.1, 0.15) is 36.8 Å². The molecule has 2 fully saturated rings. The van der Waals surface area contributed by atoms with Crippen LogP contribution in [0.25, 0.3) is 0 Å². The van der Waals surface area contributed by atoms with Crippen molar-refractivity contribution < 1.29 is 9.59 Å². The summed E-state index contributed by atoms with van der Waals surface area (Å²) in [6.07, 6.45) is 5.15. The number of hydrogen-bond acceptors (Lipinski definition) is 4. The molecule has 3 aliphatic rings. The highest BCUT2D eigenvalue weighted by molar-refractivity contribution is 7.99. The molecule has 0 aromatic heterocycles. The van der Waals surface area contributed by atoms with Gasteiger partial charge < -0.3 is 9.80 Å². The van der Waals surface area contributed by atoms with Crippen molar-refractivity contribution in [2.24, 2.45) is 5.92 Å². The fourth-order valence-corrected chi connectivity index (χ4v) is 5.73. The Bertz CT molecular complexity index is 775. The van der Waals surface area contributed by atoms with E-state index in [2.05, 4.69) is 30.3 Å². The standard InChI is InChI=1S/C21H25N3O2S/c22-12-18-6-3-9-23(18)21(26)19-13-27-14-24(19)20(25)11-15-7-8-16-4-1-2-5-17(16)10-15/h1-2,4-5,15,18-19H,3,6-11,13-14H2/t15-,18-,19-/m0/s1. The van der Waals surface area contributed by atoms with Gasteiger partial charge in [0, 0.05) is 18.7 Å². The van der Waals surface area contributed by atoms with Crippen molar-refractivity contribution in [3.05, 3.63) is 35.4 Å². The molecule has 0 spiro atoms. The maximum absolute atomic E-state index is 13.0. The topological polar surface area (TPSA) is 64.4 Å². The monoisotopic (exact) mass is 383 g/mol. The molecule has 2 amide bonds. The van der Waals surface area contributed by atoms with E-state index in [4.69, 9.17) is 0 Å². The number of benzene rings is 1. The lowest BCUT2D eigenvalue weighted by atomic mass is 9.82. The molecular weight excluding hydrogens is 358 g/mol. The number of aryl methyl sites for hydroxylation is 1. The first-order valence-corrected chi connectivity index (χ1v) is 11.0. The second-order valence-corrected chi connectivity index (χ2v) is 8.78. The molecular formula is C21H25N3O2S. The molecule has 142 valence electrons. The van der Waals surface area contributed by atoms with Crippen LogP contribution in [0.15, 0.2) is 24.3 Å². The molecule has 2 heterocycles. The van der Waals surface area contributed by atoms with E-state index >= 15 is 0 Å². The van der Waals surface area contributed by atoms with Gasteiger partial charge in [0.05, 0.1) is 11.9 Å². The Kier molecular flexibility index (Phi) is 5.40. The molecule has 0 unspecified atom stereocenters. The Morgan fingerprint density at radius 3 is 2.81 bits per heavy atom. The van der Waals surface area contributed by atoms with Crippen molar-refractivity contribution >= 4 is 23.6 Å². The summed E-state index contributed by atoms with van der Waals surface area (Å²) in [5, 5.41) is 9.27. The normalized spacial score (nSPS) is 27.3. The van der Waals surface area contributed by atoms with Gasteiger partial charge in [-0.15, -0.1) is 11.8 Å². The van der Waals surface area contributed by atoms with E-state index in [-0.39, 0.29) is 17.9 Å². The second kappa shape index (κ2) is 7.93. The first kappa shape index (κ1) is 18.4. The van der Waals surface area contributed by atoms with Gasteiger partial charge in [-0.25, -0.2) is 0 Å². The van der Waals surface area contributed by atoms with E-state index in [1.165, 1.54) is 11.1 Å². The highest BCUT2D eigenvalue weighted by Crippen LogP contribution is 2.31. The van der Waals surface area contributed by atoms with Gasteiger partial charge >= 0.3 is 0 Å². The van der Waals surface area contributed by atoms with Gasteiger partial charge in [-0.3, -0.25) is 9.59 Å². The van der Waals surface area contributed by atoms with Crippen LogP contribution in [0, 0.1) is 17.2 Å². The number of carbonyl (C=O) groups is 2. The zero-order valence-electron chi connectivity index (χ0n) is 15.5. The Labute approximate surface area is 164 Å². The molecule has 2 saturated heterocycles. The summed E-state index contributed by atoms with van der Waals surface area (Å²) >= 11 is 1.64. The van der Waals surface area contributed by atoms with Gasteiger partial charge in [0.2, 0.25) is 11.8 Å². The van der Waals surface area contributed by atoms with Gasteiger partial charge in [-0.05, 0) is 49.1 Å². The number of fused-ring (bicyclic) bond motifs is 1. The van der Waals surface area contributed by atoms with Crippen LogP contribution in [0.4, 0.5) is 0 Å². The molecule has 3 atom stereocenters. The molecule has 0 N–H and O–H groups in total. The summed E-state index contributed by atoms with van der Waals surface area (Å²) in [6, 6.07) is 10.0. The molecule has 27 heavy (non-hydrogen) atoms. The average Bonchev–Trinajstić information content (AvgIpc) is 3.36. The van der Waals surface area contributed by atoms with Gasteiger partial charge in [0.1, 0.15) is 12.1 Å². The number of nitrogens with zero attached hydrogens (tertiary/aromatic N) is 3. The summed E-state index contributed by atoms with van der Waals surface area (Å²) < 4.78 is 0. The Morgan fingerprint density at radius 2 is 2.00 bits per heavy atom. The number of nitriles is 1. The van der Waals surface area contributed by atoms with Crippen LogP contribution in [0.3, 0.4) is 0 Å². The third-order valence-corrected chi connectivity index (χ3v) is 7.10. The maximum atomic E-state index is 13.0. The molecule has 1 aromatic rings. The van der Waals surface area contributed by atoms with Crippen molar-refractivity contribution in [3.8, 4) is 6.07 Å². The van der Waals surface area contributed by atoms with E-state index in [1.807, 2.05) is 0 Å². The minimum absolute atomic E-state index is 0.0358. The number of carbonyl (C=O) groups excluding carboxylic acids is 2. The largest absolute Gasteiger partial charge is 0.325 e. The predicted octanol–water partition coefficient (Wildman–Crippen LogP) is 2.60. The SMILES string of the molecule is N#C[C@@H]1CCCN1C(=O)[C@@H]1CSCN1C(=O)C[C@H]1CCc2ccccc2C1. The smallest absolute Gasteiger partial charge is 0.247 e. The minimum Gasteiger partial charge on any atom is -0.325 e. The van der Waals surface area contributed by atoms with Crippen molar-refractivity contribution in [2.75, 3.05) is 18.2 Å². The van der Waals surface area contributed by atoms with E-state index < -0.39 is 6.04 Å². The first-order chi connectivity index (χ1) is 13.2. The van der Waals surface area contributed by atoms with Crippen molar-refractivity contribution in [1.82, 2.24) is 9.80 Å². The third kappa shape index (κ3) is 3.70. The third-order valence-electron chi connectivity index (χ3n) is 6.08. The first-order valence-electron chi connectivity index (χ1n) is 9.81. The van der Waals surface area contributed by atoms with Crippen LogP contribution in [0.5, 0.6) is 0 Å². The quantitative estimate of drug-likeness (QED) is 0.805. The van der Waals surface area contributed by atoms with Gasteiger partial charge in [-0.1, -0.05) is 24.3 Å². The molecule has 4 rings (SSSR count). The Morgan fingerprint density at radius 1 is 1.19 bits per heavy atom. The maximum Gasteiger partial charge on any atom is 0.247 e. The molecule has 0 radical (unpaired) electrons. The molecule has 2 aliphatic heterocycles. The van der Waals surface area contributed by atoms with Crippen LogP contribution >= 0.6 is 11.8 Å². The predicted molar refractivity (Wildman–Crippen MR) is 105 cm³/mol. The number of likely N-dealkylation sites (tertiary alicyclic amines) is 1. The average molecular weight is 384 g/mol. The van der Waals surface area contributed by atoms with Crippen LogP contribution < -0.4 is 0 Å². The minimum atomic E-state index is -0.396. The summed E-state index contributed by atoms with van der Waals surface area (Å²) in [7, 11) is 0. The van der Waals surface area contributed by atoms with Gasteiger partial charge in [0.25, 0.3) is 0 Å². The number of amides is 2. The molecule has 5 nitrogen and oxygen atoms in total. The Balaban J connectivity index is 1.40. The van der Waals surface area contributed by atoms with Crippen LogP contribution in [-0.4, -0.2) is 51.9 Å². The number of rotatable bonds is 3. The highest BCUT2D eigenvalue weighted by Gasteiger charge is 2.40. The van der Waals surface area contributed by atoms with Crippen molar-refractivity contribution in [1.29, 1.82) is 5.26 Å². The van der Waals surface area contributed by atoms with Crippen LogP contribution in [-0.2, 0) is 22.4 Å².